The van der Waals surface area contributed by atoms with Gasteiger partial charge in [0.05, 0.1) is 0 Å². The number of hydrogen-bond donors (Lipinski definition) is 2. The SMILES string of the molecule is CCC(Nc1ncccc1S(C)(=O)=O)C(=O)O. The summed E-state index contributed by atoms with van der Waals surface area (Å²) in [6.07, 6.45) is 2.79. The van der Waals surface area contributed by atoms with Crippen LogP contribution in [0.2, 0.25) is 0 Å². The first-order valence-corrected chi connectivity index (χ1v) is 6.89. The Balaban J connectivity index is 3.11. The normalized spacial score (nSPS) is 13.1. The number of carboxylic acids is 1. The van der Waals surface area contributed by atoms with Gasteiger partial charge in [-0.2, -0.15) is 0 Å². The average Bonchev–Trinajstić information content (AvgIpc) is 2.24. The molecular weight excluding hydrogens is 244 g/mol. The minimum atomic E-state index is -3.43. The maximum atomic E-state index is 11.5. The molecule has 1 unspecified atom stereocenters. The van der Waals surface area contributed by atoms with Gasteiger partial charge >= 0.3 is 5.97 Å². The van der Waals surface area contributed by atoms with Crippen LogP contribution in [-0.4, -0.2) is 36.8 Å². The summed E-state index contributed by atoms with van der Waals surface area (Å²) in [5, 5.41) is 11.5. The zero-order valence-electron chi connectivity index (χ0n) is 9.54. The monoisotopic (exact) mass is 258 g/mol. The van der Waals surface area contributed by atoms with Crippen LogP contribution in [-0.2, 0) is 14.6 Å². The fourth-order valence-corrected chi connectivity index (χ4v) is 2.09. The minimum Gasteiger partial charge on any atom is -0.480 e. The van der Waals surface area contributed by atoms with Crippen LogP contribution in [0.4, 0.5) is 5.82 Å². The molecule has 1 atom stereocenters. The molecule has 94 valence electrons. The van der Waals surface area contributed by atoms with Crippen LogP contribution < -0.4 is 5.32 Å². The van der Waals surface area contributed by atoms with Gasteiger partial charge in [-0.05, 0) is 18.6 Å². The fourth-order valence-electron chi connectivity index (χ4n) is 1.30. The number of carbonyl (C=O) groups is 1. The molecule has 0 saturated heterocycles. The van der Waals surface area contributed by atoms with Crippen molar-refractivity contribution in [3.8, 4) is 0 Å². The van der Waals surface area contributed by atoms with E-state index in [9.17, 15) is 13.2 Å². The molecule has 0 radical (unpaired) electrons. The van der Waals surface area contributed by atoms with Crippen molar-refractivity contribution in [2.24, 2.45) is 0 Å². The Morgan fingerprint density at radius 3 is 2.71 bits per heavy atom. The lowest BCUT2D eigenvalue weighted by atomic mass is 10.2. The summed E-state index contributed by atoms with van der Waals surface area (Å²) in [7, 11) is -3.43. The van der Waals surface area contributed by atoms with Gasteiger partial charge < -0.3 is 10.4 Å². The zero-order valence-corrected chi connectivity index (χ0v) is 10.4. The van der Waals surface area contributed by atoms with Gasteiger partial charge in [0.25, 0.3) is 0 Å². The molecule has 0 aliphatic carbocycles. The number of carboxylic acid groups (broad SMARTS) is 1. The summed E-state index contributed by atoms with van der Waals surface area (Å²) >= 11 is 0. The van der Waals surface area contributed by atoms with Crippen LogP contribution in [0.3, 0.4) is 0 Å². The largest absolute Gasteiger partial charge is 0.480 e. The third kappa shape index (κ3) is 3.42. The maximum Gasteiger partial charge on any atom is 0.326 e. The molecule has 0 aliphatic heterocycles. The van der Waals surface area contributed by atoms with E-state index >= 15 is 0 Å². The number of aromatic nitrogens is 1. The molecule has 7 heteroatoms. The van der Waals surface area contributed by atoms with Gasteiger partial charge in [0.1, 0.15) is 16.8 Å². The highest BCUT2D eigenvalue weighted by Crippen LogP contribution is 2.19. The van der Waals surface area contributed by atoms with E-state index in [1.54, 1.807) is 6.92 Å². The number of rotatable bonds is 5. The molecule has 1 aromatic rings. The highest BCUT2D eigenvalue weighted by atomic mass is 32.2. The molecule has 0 aromatic carbocycles. The Morgan fingerprint density at radius 1 is 1.59 bits per heavy atom. The molecule has 1 heterocycles. The van der Waals surface area contributed by atoms with E-state index in [2.05, 4.69) is 10.3 Å². The van der Waals surface area contributed by atoms with Crippen LogP contribution in [0.1, 0.15) is 13.3 Å². The number of nitrogens with one attached hydrogen (secondary N) is 1. The Labute approximate surface area is 99.6 Å². The first kappa shape index (κ1) is 13.4. The first-order chi connectivity index (χ1) is 7.86. The predicted molar refractivity (Wildman–Crippen MR) is 62.7 cm³/mol. The van der Waals surface area contributed by atoms with E-state index in [0.717, 1.165) is 6.26 Å². The number of nitrogens with zero attached hydrogens (tertiary/aromatic N) is 1. The van der Waals surface area contributed by atoms with E-state index in [-0.39, 0.29) is 10.7 Å². The molecule has 17 heavy (non-hydrogen) atoms. The van der Waals surface area contributed by atoms with E-state index in [1.165, 1.54) is 18.3 Å². The molecule has 0 bridgehead atoms. The van der Waals surface area contributed by atoms with Gasteiger partial charge in [-0.15, -0.1) is 0 Å². The van der Waals surface area contributed by atoms with Gasteiger partial charge in [-0.1, -0.05) is 6.92 Å². The van der Waals surface area contributed by atoms with Crippen molar-refractivity contribution in [1.82, 2.24) is 4.98 Å². The van der Waals surface area contributed by atoms with E-state index in [4.69, 9.17) is 5.11 Å². The van der Waals surface area contributed by atoms with Crippen molar-refractivity contribution in [2.45, 2.75) is 24.3 Å². The molecule has 6 nitrogen and oxygen atoms in total. The highest BCUT2D eigenvalue weighted by Gasteiger charge is 2.20. The van der Waals surface area contributed by atoms with Crippen molar-refractivity contribution in [3.63, 3.8) is 0 Å². The second-order valence-corrected chi connectivity index (χ2v) is 5.55. The van der Waals surface area contributed by atoms with Crippen LogP contribution in [0, 0.1) is 0 Å². The van der Waals surface area contributed by atoms with E-state index in [1.807, 2.05) is 0 Å². The van der Waals surface area contributed by atoms with Gasteiger partial charge in [0.2, 0.25) is 0 Å². The lowest BCUT2D eigenvalue weighted by molar-refractivity contribution is -0.137. The quantitative estimate of drug-likeness (QED) is 0.809. The minimum absolute atomic E-state index is 0.000278. The van der Waals surface area contributed by atoms with Crippen LogP contribution in [0.25, 0.3) is 0 Å². The standard InChI is InChI=1S/C10H14N2O4S/c1-3-7(10(13)14)12-9-8(17(2,15)16)5-4-6-11-9/h4-7H,3H2,1-2H3,(H,11,12)(H,13,14). The smallest absolute Gasteiger partial charge is 0.326 e. The molecule has 1 rings (SSSR count). The fraction of sp³-hybridized carbons (Fsp3) is 0.400. The van der Waals surface area contributed by atoms with Crippen molar-refractivity contribution in [2.75, 3.05) is 11.6 Å². The van der Waals surface area contributed by atoms with Crippen molar-refractivity contribution >= 4 is 21.6 Å². The highest BCUT2D eigenvalue weighted by molar-refractivity contribution is 7.90. The topological polar surface area (TPSA) is 96.4 Å². The molecule has 0 saturated carbocycles. The van der Waals surface area contributed by atoms with Crippen LogP contribution >= 0.6 is 0 Å². The Morgan fingerprint density at radius 2 is 2.24 bits per heavy atom. The molecule has 0 fully saturated rings. The van der Waals surface area contributed by atoms with E-state index < -0.39 is 21.8 Å². The molecule has 0 spiro atoms. The first-order valence-electron chi connectivity index (χ1n) is 5.00. The maximum absolute atomic E-state index is 11.5. The molecule has 0 aliphatic rings. The van der Waals surface area contributed by atoms with Gasteiger partial charge in [-0.25, -0.2) is 18.2 Å². The summed E-state index contributed by atoms with van der Waals surface area (Å²) in [5.41, 5.74) is 0. The Kier molecular flexibility index (Phi) is 4.06. The number of anilines is 1. The summed E-state index contributed by atoms with van der Waals surface area (Å²) < 4.78 is 22.9. The second-order valence-electron chi connectivity index (χ2n) is 3.57. The summed E-state index contributed by atoms with van der Waals surface area (Å²) in [5.74, 6) is -0.971. The van der Waals surface area contributed by atoms with Crippen LogP contribution in [0.15, 0.2) is 23.2 Å². The van der Waals surface area contributed by atoms with Crippen molar-refractivity contribution in [3.05, 3.63) is 18.3 Å². The third-order valence-corrected chi connectivity index (χ3v) is 3.32. The van der Waals surface area contributed by atoms with Crippen molar-refractivity contribution in [1.29, 1.82) is 0 Å². The second kappa shape index (κ2) is 5.13. The predicted octanol–water partition coefficient (Wildman–Crippen LogP) is 0.760. The molecular formula is C10H14N2O4S. The number of hydrogen-bond acceptors (Lipinski definition) is 5. The van der Waals surface area contributed by atoms with Gasteiger partial charge in [0.15, 0.2) is 9.84 Å². The van der Waals surface area contributed by atoms with Gasteiger partial charge in [0, 0.05) is 12.5 Å². The van der Waals surface area contributed by atoms with Crippen molar-refractivity contribution < 1.29 is 18.3 Å². The lowest BCUT2D eigenvalue weighted by Gasteiger charge is -2.14. The molecule has 1 aromatic heterocycles. The summed E-state index contributed by atoms with van der Waals surface area (Å²) in [4.78, 5) is 14.7. The summed E-state index contributed by atoms with van der Waals surface area (Å²) in [6, 6.07) is 2.02. The lowest BCUT2D eigenvalue weighted by Crippen LogP contribution is -2.29. The number of sulfone groups is 1. The Bertz CT molecular complexity index is 513. The Hall–Kier alpha value is -1.63. The van der Waals surface area contributed by atoms with Crippen LogP contribution in [0.5, 0.6) is 0 Å². The molecule has 0 amide bonds. The number of aliphatic carboxylic acids is 1. The van der Waals surface area contributed by atoms with E-state index in [0.29, 0.717) is 6.42 Å². The average molecular weight is 258 g/mol. The summed E-state index contributed by atoms with van der Waals surface area (Å²) in [6.45, 7) is 1.69. The molecule has 2 N–H and O–H groups in total. The zero-order chi connectivity index (χ0) is 13.1. The van der Waals surface area contributed by atoms with Gasteiger partial charge in [-0.3, -0.25) is 0 Å². The number of pyridine rings is 1. The third-order valence-electron chi connectivity index (χ3n) is 2.19.